The number of hydrogen-bond donors (Lipinski definition) is 2. The van der Waals surface area contributed by atoms with Crippen molar-refractivity contribution in [1.82, 2.24) is 10.6 Å². The maximum absolute atomic E-state index is 13.8. The first kappa shape index (κ1) is 18.8. The van der Waals surface area contributed by atoms with Gasteiger partial charge in [-0.2, -0.15) is 0 Å². The van der Waals surface area contributed by atoms with Crippen molar-refractivity contribution in [3.8, 4) is 0 Å². The van der Waals surface area contributed by atoms with Crippen LogP contribution in [0.5, 0.6) is 0 Å². The Hall–Kier alpha value is -2.51. The van der Waals surface area contributed by atoms with Crippen LogP contribution in [0.25, 0.3) is 0 Å². The molecule has 0 aliphatic carbocycles. The summed E-state index contributed by atoms with van der Waals surface area (Å²) in [5, 5.41) is 8.96. The fourth-order valence-electron chi connectivity index (χ4n) is 2.24. The van der Waals surface area contributed by atoms with E-state index in [0.29, 0.717) is 0 Å². The molecule has 1 heterocycles. The number of hydrogen-bond acceptors (Lipinski definition) is 4. The van der Waals surface area contributed by atoms with E-state index in [-0.39, 0.29) is 29.6 Å². The van der Waals surface area contributed by atoms with E-state index in [1.165, 1.54) is 0 Å². The van der Waals surface area contributed by atoms with Gasteiger partial charge in [0, 0.05) is 18.0 Å². The Labute approximate surface area is 144 Å². The first-order valence-corrected chi connectivity index (χ1v) is 8.10. The predicted molar refractivity (Wildman–Crippen MR) is 87.9 cm³/mol. The van der Waals surface area contributed by atoms with Gasteiger partial charge < -0.3 is 15.5 Å². The highest BCUT2D eigenvalue weighted by Crippen LogP contribution is 2.20. The largest absolute Gasteiger partial charge is 0.382 e. The number of benzene rings is 1. The van der Waals surface area contributed by atoms with E-state index >= 15 is 0 Å². The first-order chi connectivity index (χ1) is 11.8. The van der Waals surface area contributed by atoms with Crippen LogP contribution in [0.4, 0.5) is 8.78 Å². The molecule has 2 rings (SSSR count). The minimum absolute atomic E-state index is 0.000436. The summed E-state index contributed by atoms with van der Waals surface area (Å²) in [7, 11) is 0. The van der Waals surface area contributed by atoms with Crippen molar-refractivity contribution in [3.63, 3.8) is 0 Å². The molecule has 0 aromatic heterocycles. The summed E-state index contributed by atoms with van der Waals surface area (Å²) in [6.07, 6.45) is -0.225. The Morgan fingerprint density at radius 2 is 2.04 bits per heavy atom. The third kappa shape index (κ3) is 4.74. The van der Waals surface area contributed by atoms with Gasteiger partial charge in [0.15, 0.2) is 0 Å². The molecule has 2 N–H and O–H groups in total. The fraction of sp³-hybridized carbons (Fsp3) is 0.471. The Balaban J connectivity index is 1.93. The van der Waals surface area contributed by atoms with Crippen LogP contribution in [0.15, 0.2) is 23.4 Å². The molecule has 1 aromatic rings. The van der Waals surface area contributed by atoms with E-state index in [2.05, 4.69) is 15.8 Å². The molecule has 0 saturated heterocycles. The first-order valence-electron chi connectivity index (χ1n) is 8.10. The third-order valence-electron chi connectivity index (χ3n) is 3.95. The zero-order chi connectivity index (χ0) is 18.6. The van der Waals surface area contributed by atoms with Crippen LogP contribution < -0.4 is 10.6 Å². The SMILES string of the molecule is CCC(C)NC(=O)C(C)NC(=O)C1CC(c2cc(F)ccc2F)=NO1. The second-order valence-electron chi connectivity index (χ2n) is 6.01. The molecule has 3 atom stereocenters. The molecular weight excluding hydrogens is 332 g/mol. The van der Waals surface area contributed by atoms with E-state index in [9.17, 15) is 18.4 Å². The van der Waals surface area contributed by atoms with Gasteiger partial charge in [-0.25, -0.2) is 8.78 Å². The molecule has 0 fully saturated rings. The third-order valence-corrected chi connectivity index (χ3v) is 3.95. The molecule has 136 valence electrons. The van der Waals surface area contributed by atoms with Gasteiger partial charge >= 0.3 is 0 Å². The fourth-order valence-corrected chi connectivity index (χ4v) is 2.24. The summed E-state index contributed by atoms with van der Waals surface area (Å²) in [4.78, 5) is 29.1. The number of carbonyl (C=O) groups excluding carboxylic acids is 2. The van der Waals surface area contributed by atoms with Crippen LogP contribution in [0.1, 0.15) is 39.2 Å². The number of rotatable bonds is 6. The van der Waals surface area contributed by atoms with Gasteiger partial charge in [-0.1, -0.05) is 12.1 Å². The van der Waals surface area contributed by atoms with Crippen molar-refractivity contribution >= 4 is 17.5 Å². The molecule has 8 heteroatoms. The molecule has 1 aliphatic heterocycles. The average Bonchev–Trinajstić information content (AvgIpc) is 3.06. The summed E-state index contributed by atoms with van der Waals surface area (Å²) < 4.78 is 27.0. The summed E-state index contributed by atoms with van der Waals surface area (Å²) in [5.41, 5.74) is 0.103. The van der Waals surface area contributed by atoms with E-state index in [1.54, 1.807) is 6.92 Å². The molecule has 3 unspecified atom stereocenters. The van der Waals surface area contributed by atoms with E-state index < -0.39 is 29.7 Å². The van der Waals surface area contributed by atoms with Crippen molar-refractivity contribution in [2.45, 2.75) is 51.8 Å². The molecule has 0 saturated carbocycles. The van der Waals surface area contributed by atoms with Crippen LogP contribution >= 0.6 is 0 Å². The summed E-state index contributed by atoms with van der Waals surface area (Å²) in [5.74, 6) is -2.10. The quantitative estimate of drug-likeness (QED) is 0.819. The zero-order valence-corrected chi connectivity index (χ0v) is 14.3. The number of nitrogens with zero attached hydrogens (tertiary/aromatic N) is 1. The van der Waals surface area contributed by atoms with Crippen LogP contribution in [0, 0.1) is 11.6 Å². The molecular formula is C17H21F2N3O3. The molecule has 1 aliphatic rings. The van der Waals surface area contributed by atoms with Crippen molar-refractivity contribution in [2.75, 3.05) is 0 Å². The van der Waals surface area contributed by atoms with Gasteiger partial charge in [-0.05, 0) is 38.5 Å². The highest BCUT2D eigenvalue weighted by atomic mass is 19.1. The van der Waals surface area contributed by atoms with Gasteiger partial charge in [0.1, 0.15) is 17.7 Å². The van der Waals surface area contributed by atoms with Gasteiger partial charge in [0.05, 0.1) is 5.71 Å². The van der Waals surface area contributed by atoms with Crippen molar-refractivity contribution in [3.05, 3.63) is 35.4 Å². The maximum Gasteiger partial charge on any atom is 0.264 e. The number of amides is 2. The number of nitrogens with one attached hydrogen (secondary N) is 2. The highest BCUT2D eigenvalue weighted by Gasteiger charge is 2.32. The zero-order valence-electron chi connectivity index (χ0n) is 14.3. The Bertz CT molecular complexity index is 694. The number of carbonyl (C=O) groups is 2. The van der Waals surface area contributed by atoms with Gasteiger partial charge in [-0.3, -0.25) is 9.59 Å². The molecule has 25 heavy (non-hydrogen) atoms. The molecule has 0 spiro atoms. The van der Waals surface area contributed by atoms with Gasteiger partial charge in [0.25, 0.3) is 5.91 Å². The number of oxime groups is 1. The maximum atomic E-state index is 13.8. The average molecular weight is 353 g/mol. The lowest BCUT2D eigenvalue weighted by Gasteiger charge is -2.18. The molecule has 2 amide bonds. The lowest BCUT2D eigenvalue weighted by Crippen LogP contribution is -2.49. The Kier molecular flexibility index (Phi) is 6.06. The summed E-state index contributed by atoms with van der Waals surface area (Å²) >= 11 is 0. The normalized spacial score (nSPS) is 18.8. The molecule has 1 aromatic carbocycles. The standard InChI is InChI=1S/C17H21F2N3O3/c1-4-9(2)20-16(23)10(3)21-17(24)15-8-14(22-25-15)12-7-11(18)5-6-13(12)19/h5-7,9-10,15H,4,8H2,1-3H3,(H,20,23)(H,21,24). The van der Waals surface area contributed by atoms with Crippen LogP contribution in [0.2, 0.25) is 0 Å². The Morgan fingerprint density at radius 1 is 1.32 bits per heavy atom. The van der Waals surface area contributed by atoms with Crippen molar-refractivity contribution in [1.29, 1.82) is 0 Å². The number of halogens is 2. The van der Waals surface area contributed by atoms with Crippen molar-refractivity contribution < 1.29 is 23.2 Å². The van der Waals surface area contributed by atoms with Crippen LogP contribution in [-0.4, -0.2) is 35.7 Å². The van der Waals surface area contributed by atoms with Crippen LogP contribution in [-0.2, 0) is 14.4 Å². The molecule has 6 nitrogen and oxygen atoms in total. The lowest BCUT2D eigenvalue weighted by atomic mass is 10.0. The molecule has 0 radical (unpaired) electrons. The van der Waals surface area contributed by atoms with Gasteiger partial charge in [0.2, 0.25) is 12.0 Å². The predicted octanol–water partition coefficient (Wildman–Crippen LogP) is 1.88. The summed E-state index contributed by atoms with van der Waals surface area (Å²) in [6, 6.07) is 2.24. The second-order valence-corrected chi connectivity index (χ2v) is 6.01. The molecule has 0 bridgehead atoms. The second kappa shape index (κ2) is 8.04. The van der Waals surface area contributed by atoms with E-state index in [4.69, 9.17) is 4.84 Å². The van der Waals surface area contributed by atoms with Crippen molar-refractivity contribution in [2.24, 2.45) is 5.16 Å². The topological polar surface area (TPSA) is 79.8 Å². The van der Waals surface area contributed by atoms with E-state index in [0.717, 1.165) is 24.6 Å². The Morgan fingerprint density at radius 3 is 2.72 bits per heavy atom. The lowest BCUT2D eigenvalue weighted by molar-refractivity contribution is -0.135. The summed E-state index contributed by atoms with van der Waals surface area (Å²) in [6.45, 7) is 5.35. The van der Waals surface area contributed by atoms with Gasteiger partial charge in [-0.15, -0.1) is 0 Å². The highest BCUT2D eigenvalue weighted by molar-refractivity contribution is 6.04. The minimum Gasteiger partial charge on any atom is -0.382 e. The minimum atomic E-state index is -0.989. The monoisotopic (exact) mass is 353 g/mol. The smallest absolute Gasteiger partial charge is 0.264 e. The van der Waals surface area contributed by atoms with Crippen LogP contribution in [0.3, 0.4) is 0 Å². The van der Waals surface area contributed by atoms with E-state index in [1.807, 2.05) is 13.8 Å².